The molecule has 0 bridgehead atoms. The fourth-order valence-electron chi connectivity index (χ4n) is 0.710. The molecule has 0 amide bonds. The summed E-state index contributed by atoms with van der Waals surface area (Å²) in [6.45, 7) is 0. The van der Waals surface area contributed by atoms with Gasteiger partial charge in [0.2, 0.25) is 5.88 Å². The largest absolute Gasteiger partial charge is 0.465 e. The highest BCUT2D eigenvalue weighted by atomic mass is 16.5. The first-order valence-corrected chi connectivity index (χ1v) is 2.61. The molecule has 0 radical (unpaired) electrons. The van der Waals surface area contributed by atoms with Crippen LogP contribution in [0.4, 0.5) is 0 Å². The summed E-state index contributed by atoms with van der Waals surface area (Å²) in [6, 6.07) is 0. The van der Waals surface area contributed by atoms with Crippen molar-refractivity contribution in [1.82, 2.24) is 4.90 Å². The van der Waals surface area contributed by atoms with Crippen LogP contribution in [0.1, 0.15) is 0 Å². The molecule has 2 rings (SSSR count). The lowest BCUT2D eigenvalue weighted by molar-refractivity contribution is 0.247. The Labute approximate surface area is 52.5 Å². The Morgan fingerprint density at radius 2 is 2.11 bits per heavy atom. The topological polar surface area (TPSA) is 21.7 Å². The van der Waals surface area contributed by atoms with Gasteiger partial charge in [0.15, 0.2) is 6.26 Å². The number of nitrogens with zero attached hydrogens (tertiary/aromatic N) is 1. The van der Waals surface area contributed by atoms with Gasteiger partial charge in [-0.3, -0.25) is 4.90 Å². The molecule has 0 saturated heterocycles. The van der Waals surface area contributed by atoms with E-state index >= 15 is 0 Å². The van der Waals surface area contributed by atoms with Crippen molar-refractivity contribution in [3.8, 4) is 0 Å². The lowest BCUT2D eigenvalue weighted by atomic mass is 10.6. The molecule has 9 heavy (non-hydrogen) atoms. The van der Waals surface area contributed by atoms with E-state index in [1.807, 2.05) is 11.1 Å². The molecule has 0 aromatic rings. The molecular formula is C6H5NO2. The van der Waals surface area contributed by atoms with Gasteiger partial charge in [-0.15, -0.1) is 0 Å². The highest BCUT2D eigenvalue weighted by Gasteiger charge is 2.12. The first-order valence-electron chi connectivity index (χ1n) is 2.61. The fraction of sp³-hybridized carbons (Fsp3) is 0. The van der Waals surface area contributed by atoms with Crippen molar-refractivity contribution in [2.75, 3.05) is 0 Å². The van der Waals surface area contributed by atoms with Crippen LogP contribution < -0.4 is 0 Å². The second kappa shape index (κ2) is 1.55. The molecule has 3 heteroatoms. The summed E-state index contributed by atoms with van der Waals surface area (Å²) in [5.41, 5.74) is 0. The molecule has 2 aliphatic heterocycles. The maximum atomic E-state index is 4.99. The summed E-state index contributed by atoms with van der Waals surface area (Å²) >= 11 is 0. The van der Waals surface area contributed by atoms with Gasteiger partial charge in [0, 0.05) is 12.4 Å². The second-order valence-electron chi connectivity index (χ2n) is 1.69. The Balaban J connectivity index is 2.29. The molecule has 2 heterocycles. The van der Waals surface area contributed by atoms with Gasteiger partial charge in [-0.05, 0) is 0 Å². The highest BCUT2D eigenvalue weighted by Crippen LogP contribution is 2.18. The van der Waals surface area contributed by atoms with Gasteiger partial charge >= 0.3 is 0 Å². The van der Waals surface area contributed by atoms with Crippen LogP contribution >= 0.6 is 0 Å². The van der Waals surface area contributed by atoms with Crippen LogP contribution in [0.3, 0.4) is 0 Å². The molecule has 0 aliphatic carbocycles. The number of fused-ring (bicyclic) bond motifs is 1. The van der Waals surface area contributed by atoms with Crippen molar-refractivity contribution in [3.05, 3.63) is 37.1 Å². The van der Waals surface area contributed by atoms with Gasteiger partial charge in [0.25, 0.3) is 0 Å². The van der Waals surface area contributed by atoms with Crippen molar-refractivity contribution in [1.29, 1.82) is 0 Å². The molecule has 0 spiro atoms. The molecule has 0 atom stereocenters. The molecule has 0 aromatic heterocycles. The van der Waals surface area contributed by atoms with E-state index in [2.05, 4.69) is 0 Å². The minimum atomic E-state index is 0.706. The normalized spacial score (nSPS) is 20.4. The predicted molar refractivity (Wildman–Crippen MR) is 30.4 cm³/mol. The Morgan fingerprint density at radius 3 is 3.00 bits per heavy atom. The minimum absolute atomic E-state index is 0.706. The Hall–Kier alpha value is -1.38. The fourth-order valence-corrected chi connectivity index (χ4v) is 0.710. The van der Waals surface area contributed by atoms with E-state index in [1.165, 1.54) is 0 Å². The van der Waals surface area contributed by atoms with E-state index in [0.29, 0.717) is 5.88 Å². The number of hydrogen-bond donors (Lipinski definition) is 0. The first kappa shape index (κ1) is 4.49. The Kier molecular flexibility index (Phi) is 0.773. The van der Waals surface area contributed by atoms with Crippen LogP contribution in [0, 0.1) is 0 Å². The van der Waals surface area contributed by atoms with E-state index in [1.54, 1.807) is 25.0 Å². The van der Waals surface area contributed by atoms with Gasteiger partial charge in [0.05, 0.1) is 0 Å². The molecule has 0 saturated carbocycles. The van der Waals surface area contributed by atoms with Crippen molar-refractivity contribution in [3.63, 3.8) is 0 Å². The van der Waals surface area contributed by atoms with E-state index in [0.717, 1.165) is 0 Å². The van der Waals surface area contributed by atoms with E-state index in [9.17, 15) is 0 Å². The zero-order valence-electron chi connectivity index (χ0n) is 4.65. The third-order valence-electron chi connectivity index (χ3n) is 1.13. The van der Waals surface area contributed by atoms with Gasteiger partial charge in [0.1, 0.15) is 12.5 Å². The summed E-state index contributed by atoms with van der Waals surface area (Å²) in [6.07, 6.45) is 8.32. The van der Waals surface area contributed by atoms with Crippen molar-refractivity contribution in [2.24, 2.45) is 0 Å². The van der Waals surface area contributed by atoms with Crippen LogP contribution in [0.25, 0.3) is 0 Å². The van der Waals surface area contributed by atoms with Gasteiger partial charge in [-0.1, -0.05) is 0 Å². The zero-order valence-corrected chi connectivity index (χ0v) is 4.65. The van der Waals surface area contributed by atoms with Gasteiger partial charge in [-0.25, -0.2) is 0 Å². The zero-order chi connectivity index (χ0) is 6.10. The summed E-state index contributed by atoms with van der Waals surface area (Å²) in [4.78, 5) is 1.82. The molecule has 0 fully saturated rings. The monoisotopic (exact) mass is 123 g/mol. The number of ether oxygens (including phenoxy) is 2. The van der Waals surface area contributed by atoms with Gasteiger partial charge in [-0.2, -0.15) is 0 Å². The standard InChI is InChI=1S/C6H5NO2/c1-3-8-5-6-7(1)2-4-9-6/h1-5H. The average Bonchev–Trinajstić information content (AvgIpc) is 2.33. The average molecular weight is 123 g/mol. The third-order valence-corrected chi connectivity index (χ3v) is 1.13. The minimum Gasteiger partial charge on any atom is -0.465 e. The van der Waals surface area contributed by atoms with E-state index in [-0.39, 0.29) is 0 Å². The van der Waals surface area contributed by atoms with Gasteiger partial charge < -0.3 is 9.47 Å². The van der Waals surface area contributed by atoms with Crippen LogP contribution in [-0.2, 0) is 9.47 Å². The third kappa shape index (κ3) is 0.579. The highest BCUT2D eigenvalue weighted by molar-refractivity contribution is 5.10. The van der Waals surface area contributed by atoms with Crippen LogP contribution in [-0.4, -0.2) is 4.90 Å². The molecule has 0 aromatic carbocycles. The van der Waals surface area contributed by atoms with E-state index < -0.39 is 0 Å². The van der Waals surface area contributed by atoms with Crippen LogP contribution in [0.5, 0.6) is 0 Å². The smallest absolute Gasteiger partial charge is 0.239 e. The molecule has 3 nitrogen and oxygen atoms in total. The predicted octanol–water partition coefficient (Wildman–Crippen LogP) is 1.09. The maximum Gasteiger partial charge on any atom is 0.239 e. The molecule has 0 N–H and O–H groups in total. The number of hydrogen-bond acceptors (Lipinski definition) is 3. The summed E-state index contributed by atoms with van der Waals surface area (Å²) in [5.74, 6) is 0.706. The van der Waals surface area contributed by atoms with E-state index in [4.69, 9.17) is 9.47 Å². The molecule has 2 aliphatic rings. The lowest BCUT2D eigenvalue weighted by Crippen LogP contribution is -2.07. The Bertz CT molecular complexity index is 205. The maximum absolute atomic E-state index is 4.99. The summed E-state index contributed by atoms with van der Waals surface area (Å²) < 4.78 is 9.82. The first-order chi connectivity index (χ1) is 4.47. The molecule has 46 valence electrons. The summed E-state index contributed by atoms with van der Waals surface area (Å²) in [7, 11) is 0. The number of rotatable bonds is 0. The molecular weight excluding hydrogens is 118 g/mol. The Morgan fingerprint density at radius 1 is 1.22 bits per heavy atom. The van der Waals surface area contributed by atoms with Crippen LogP contribution in [0.15, 0.2) is 37.1 Å². The van der Waals surface area contributed by atoms with Crippen molar-refractivity contribution >= 4 is 0 Å². The lowest BCUT2D eigenvalue weighted by Gasteiger charge is -2.12. The quantitative estimate of drug-likeness (QED) is 0.481. The van der Waals surface area contributed by atoms with Crippen LogP contribution in [0.2, 0.25) is 0 Å². The SMILES string of the molecule is C1=CN2C=COC2=CO1. The summed E-state index contributed by atoms with van der Waals surface area (Å²) in [5, 5.41) is 0. The second-order valence-corrected chi connectivity index (χ2v) is 1.69. The van der Waals surface area contributed by atoms with Crippen molar-refractivity contribution in [2.45, 2.75) is 0 Å². The van der Waals surface area contributed by atoms with Crippen molar-refractivity contribution < 1.29 is 9.47 Å². The molecule has 0 unspecified atom stereocenters.